The van der Waals surface area contributed by atoms with Gasteiger partial charge in [0.2, 0.25) is 0 Å². The molecular formula is C13H20F2N4O2. The largest absolute Gasteiger partial charge is 0.383 e. The molecule has 1 aliphatic rings. The molecule has 1 amide bonds. The normalized spacial score (nSPS) is 19.2. The van der Waals surface area contributed by atoms with Gasteiger partial charge in [-0.25, -0.2) is 4.98 Å². The molecule has 21 heavy (non-hydrogen) atoms. The SMILES string of the molecule is Cc1nc([C@@H](NC(=O)C(F)(F)C2(O)CCC2)C(C)C)n[nH]1. The van der Waals surface area contributed by atoms with E-state index in [1.54, 1.807) is 20.8 Å². The third-order valence-corrected chi connectivity index (χ3v) is 3.90. The number of alkyl halides is 2. The smallest absolute Gasteiger partial charge is 0.352 e. The lowest BCUT2D eigenvalue weighted by Crippen LogP contribution is -2.61. The molecule has 6 nitrogen and oxygen atoms in total. The van der Waals surface area contributed by atoms with E-state index in [2.05, 4.69) is 20.5 Å². The molecule has 0 aliphatic heterocycles. The molecule has 1 saturated carbocycles. The van der Waals surface area contributed by atoms with E-state index in [1.807, 2.05) is 0 Å². The number of H-pyrrole nitrogens is 1. The first-order chi connectivity index (χ1) is 9.67. The summed E-state index contributed by atoms with van der Waals surface area (Å²) in [5, 5.41) is 18.6. The third kappa shape index (κ3) is 2.76. The van der Waals surface area contributed by atoms with Gasteiger partial charge in [0.25, 0.3) is 5.91 Å². The Morgan fingerprint density at radius 2 is 2.10 bits per heavy atom. The summed E-state index contributed by atoms with van der Waals surface area (Å²) < 4.78 is 28.2. The zero-order valence-corrected chi connectivity index (χ0v) is 12.3. The maximum absolute atomic E-state index is 14.1. The summed E-state index contributed by atoms with van der Waals surface area (Å²) >= 11 is 0. The van der Waals surface area contributed by atoms with Crippen molar-refractivity contribution in [3.63, 3.8) is 0 Å². The van der Waals surface area contributed by atoms with Gasteiger partial charge in [-0.05, 0) is 32.1 Å². The van der Waals surface area contributed by atoms with E-state index in [1.165, 1.54) is 0 Å². The number of nitrogens with zero attached hydrogens (tertiary/aromatic N) is 2. The number of aryl methyl sites for hydroxylation is 1. The third-order valence-electron chi connectivity index (χ3n) is 3.90. The van der Waals surface area contributed by atoms with Crippen LogP contribution in [0.25, 0.3) is 0 Å². The number of rotatable bonds is 5. The van der Waals surface area contributed by atoms with Crippen molar-refractivity contribution in [2.75, 3.05) is 0 Å². The number of hydrogen-bond acceptors (Lipinski definition) is 4. The van der Waals surface area contributed by atoms with Gasteiger partial charge in [-0.15, -0.1) is 0 Å². The molecule has 118 valence electrons. The Bertz CT molecular complexity index is 526. The highest BCUT2D eigenvalue weighted by atomic mass is 19.3. The lowest BCUT2D eigenvalue weighted by Gasteiger charge is -2.41. The maximum atomic E-state index is 14.1. The van der Waals surface area contributed by atoms with Crippen LogP contribution in [0, 0.1) is 12.8 Å². The minimum Gasteiger partial charge on any atom is -0.383 e. The fourth-order valence-corrected chi connectivity index (χ4v) is 2.30. The summed E-state index contributed by atoms with van der Waals surface area (Å²) in [6.45, 7) is 5.22. The Balaban J connectivity index is 2.15. The van der Waals surface area contributed by atoms with Crippen LogP contribution in [-0.4, -0.2) is 37.7 Å². The van der Waals surface area contributed by atoms with Crippen LogP contribution in [-0.2, 0) is 4.79 Å². The zero-order chi connectivity index (χ0) is 15.8. The lowest BCUT2D eigenvalue weighted by atomic mass is 9.75. The van der Waals surface area contributed by atoms with Crippen LogP contribution in [0.2, 0.25) is 0 Å². The van der Waals surface area contributed by atoms with E-state index in [0.29, 0.717) is 12.2 Å². The number of nitrogens with one attached hydrogen (secondary N) is 2. The predicted octanol–water partition coefficient (Wildman–Crippen LogP) is 1.48. The topological polar surface area (TPSA) is 90.9 Å². The van der Waals surface area contributed by atoms with Crippen molar-refractivity contribution < 1.29 is 18.7 Å². The van der Waals surface area contributed by atoms with Crippen molar-refractivity contribution in [1.82, 2.24) is 20.5 Å². The van der Waals surface area contributed by atoms with Crippen LogP contribution >= 0.6 is 0 Å². The van der Waals surface area contributed by atoms with Crippen molar-refractivity contribution in [2.24, 2.45) is 5.92 Å². The number of aliphatic hydroxyl groups is 1. The molecule has 2 rings (SSSR count). The molecular weight excluding hydrogens is 282 g/mol. The Morgan fingerprint density at radius 3 is 2.48 bits per heavy atom. The standard InChI is InChI=1S/C13H20F2N4O2/c1-7(2)9(10-16-8(3)18-19-10)17-11(20)13(14,15)12(21)5-4-6-12/h7,9,21H,4-6H2,1-3H3,(H,17,20)(H,16,18,19)/t9-/m0/s1. The average Bonchev–Trinajstić information content (AvgIpc) is 2.78. The molecule has 1 aromatic heterocycles. The highest BCUT2D eigenvalue weighted by molar-refractivity contribution is 5.85. The van der Waals surface area contributed by atoms with Gasteiger partial charge in [0.1, 0.15) is 11.4 Å². The molecule has 1 atom stereocenters. The number of amides is 1. The van der Waals surface area contributed by atoms with Crippen molar-refractivity contribution in [2.45, 2.75) is 57.6 Å². The summed E-state index contributed by atoms with van der Waals surface area (Å²) in [6, 6.07) is -0.739. The van der Waals surface area contributed by atoms with Gasteiger partial charge < -0.3 is 10.4 Å². The van der Waals surface area contributed by atoms with Gasteiger partial charge in [0.05, 0.1) is 6.04 Å². The fourth-order valence-electron chi connectivity index (χ4n) is 2.30. The average molecular weight is 302 g/mol. The molecule has 1 heterocycles. The molecule has 0 saturated heterocycles. The van der Waals surface area contributed by atoms with Crippen molar-refractivity contribution in [1.29, 1.82) is 0 Å². The molecule has 1 aromatic rings. The van der Waals surface area contributed by atoms with E-state index in [9.17, 15) is 18.7 Å². The van der Waals surface area contributed by atoms with Crippen LogP contribution in [0.15, 0.2) is 0 Å². The summed E-state index contributed by atoms with van der Waals surface area (Å²) in [4.78, 5) is 16.0. The molecule has 1 fully saturated rings. The number of hydrogen-bond donors (Lipinski definition) is 3. The second kappa shape index (κ2) is 5.32. The highest BCUT2D eigenvalue weighted by Gasteiger charge is 2.61. The second-order valence-electron chi connectivity index (χ2n) is 5.93. The van der Waals surface area contributed by atoms with Crippen LogP contribution in [0.5, 0.6) is 0 Å². The van der Waals surface area contributed by atoms with Crippen molar-refractivity contribution >= 4 is 5.91 Å². The van der Waals surface area contributed by atoms with Gasteiger partial charge in [-0.1, -0.05) is 13.8 Å². The molecule has 0 unspecified atom stereocenters. The monoisotopic (exact) mass is 302 g/mol. The minimum absolute atomic E-state index is 0.0699. The molecule has 0 bridgehead atoms. The first kappa shape index (κ1) is 15.8. The van der Waals surface area contributed by atoms with E-state index in [-0.39, 0.29) is 24.6 Å². The Hall–Kier alpha value is -1.57. The van der Waals surface area contributed by atoms with E-state index < -0.39 is 23.5 Å². The van der Waals surface area contributed by atoms with Crippen LogP contribution < -0.4 is 5.32 Å². The number of halogens is 2. The number of aromatic amines is 1. The Morgan fingerprint density at radius 1 is 1.48 bits per heavy atom. The summed E-state index contributed by atoms with van der Waals surface area (Å²) in [5.74, 6) is -4.67. The van der Waals surface area contributed by atoms with E-state index >= 15 is 0 Å². The maximum Gasteiger partial charge on any atom is 0.352 e. The van der Waals surface area contributed by atoms with Crippen LogP contribution in [0.3, 0.4) is 0 Å². The van der Waals surface area contributed by atoms with Crippen LogP contribution in [0.4, 0.5) is 8.78 Å². The molecule has 0 aromatic carbocycles. The van der Waals surface area contributed by atoms with Gasteiger partial charge in [-0.2, -0.15) is 13.9 Å². The number of carbonyl (C=O) groups is 1. The van der Waals surface area contributed by atoms with Gasteiger partial charge in [-0.3, -0.25) is 9.89 Å². The van der Waals surface area contributed by atoms with Crippen molar-refractivity contribution in [3.8, 4) is 0 Å². The number of aromatic nitrogens is 3. The Labute approximate surface area is 121 Å². The summed E-state index contributed by atoms with van der Waals surface area (Å²) in [5.41, 5.74) is -2.23. The molecule has 0 spiro atoms. The molecule has 3 N–H and O–H groups in total. The predicted molar refractivity (Wildman–Crippen MR) is 70.6 cm³/mol. The van der Waals surface area contributed by atoms with E-state index in [0.717, 1.165) is 0 Å². The van der Waals surface area contributed by atoms with Crippen molar-refractivity contribution in [3.05, 3.63) is 11.6 Å². The molecule has 1 aliphatic carbocycles. The first-order valence-electron chi connectivity index (χ1n) is 6.97. The second-order valence-corrected chi connectivity index (χ2v) is 5.93. The fraction of sp³-hybridized carbons (Fsp3) is 0.769. The first-order valence-corrected chi connectivity index (χ1v) is 6.97. The summed E-state index contributed by atoms with van der Waals surface area (Å²) in [7, 11) is 0. The quantitative estimate of drug-likeness (QED) is 0.768. The number of carbonyl (C=O) groups excluding carboxylic acids is 1. The van der Waals surface area contributed by atoms with Gasteiger partial charge in [0.15, 0.2) is 5.82 Å². The summed E-state index contributed by atoms with van der Waals surface area (Å²) in [6.07, 6.45) is 0.353. The molecule has 8 heteroatoms. The minimum atomic E-state index is -3.82. The molecule has 0 radical (unpaired) electrons. The highest BCUT2D eigenvalue weighted by Crippen LogP contribution is 2.44. The zero-order valence-electron chi connectivity index (χ0n) is 12.3. The lowest BCUT2D eigenvalue weighted by molar-refractivity contribution is -0.216. The van der Waals surface area contributed by atoms with Crippen LogP contribution in [0.1, 0.15) is 50.8 Å². The Kier molecular flexibility index (Phi) is 4.01. The van der Waals surface area contributed by atoms with E-state index in [4.69, 9.17) is 0 Å². The van der Waals surface area contributed by atoms with Gasteiger partial charge >= 0.3 is 5.92 Å². The van der Waals surface area contributed by atoms with Gasteiger partial charge in [0, 0.05) is 0 Å².